The number of halogens is 2. The highest BCUT2D eigenvalue weighted by Gasteiger charge is 2.33. The number of methoxy groups -OCH3 is 1. The van der Waals surface area contributed by atoms with Crippen molar-refractivity contribution in [2.24, 2.45) is 0 Å². The van der Waals surface area contributed by atoms with E-state index in [1.54, 1.807) is 12.0 Å². The van der Waals surface area contributed by atoms with E-state index in [9.17, 15) is 4.79 Å². The first-order valence-corrected chi connectivity index (χ1v) is 9.34. The maximum Gasteiger partial charge on any atom is 0.410 e. The summed E-state index contributed by atoms with van der Waals surface area (Å²) in [7, 11) is 1.64. The zero-order valence-corrected chi connectivity index (χ0v) is 16.4. The monoisotopic (exact) mass is 418 g/mol. The largest absolute Gasteiger partial charge is 0.449 e. The molecule has 1 amide bonds. The highest BCUT2D eigenvalue weighted by molar-refractivity contribution is 9.10. The molecule has 1 heterocycles. The number of nitrogens with zero attached hydrogens (tertiary/aromatic N) is 1. The molecule has 1 N–H and O–H groups in total. The standard InChI is InChI=1S/C17H24BrClN2O3/c1-3-4-5-24-17(22)21-10-16(20-9-15(21)11-23-2)12-6-13(18)8-14(19)7-12/h6-8,15-16,20H,3-5,9-11H2,1-2H3. The molecule has 2 atom stereocenters. The van der Waals surface area contributed by atoms with Gasteiger partial charge in [0.25, 0.3) is 0 Å². The maximum atomic E-state index is 12.5. The number of benzene rings is 1. The van der Waals surface area contributed by atoms with E-state index in [1.807, 2.05) is 18.2 Å². The third-order valence-corrected chi connectivity index (χ3v) is 4.70. The quantitative estimate of drug-likeness (QED) is 0.708. The molecule has 0 spiro atoms. The van der Waals surface area contributed by atoms with E-state index in [-0.39, 0.29) is 18.2 Å². The Morgan fingerprint density at radius 2 is 2.25 bits per heavy atom. The summed E-state index contributed by atoms with van der Waals surface area (Å²) in [5.41, 5.74) is 1.04. The lowest BCUT2D eigenvalue weighted by Gasteiger charge is -2.39. The lowest BCUT2D eigenvalue weighted by atomic mass is 10.0. The van der Waals surface area contributed by atoms with Crippen molar-refractivity contribution < 1.29 is 14.3 Å². The molecule has 1 aliphatic rings. The molecule has 1 saturated heterocycles. The first-order chi connectivity index (χ1) is 11.5. The van der Waals surface area contributed by atoms with Crippen molar-refractivity contribution in [3.63, 3.8) is 0 Å². The van der Waals surface area contributed by atoms with Crippen molar-refractivity contribution >= 4 is 33.6 Å². The number of rotatable bonds is 6. The number of nitrogens with one attached hydrogen (secondary N) is 1. The van der Waals surface area contributed by atoms with Gasteiger partial charge in [-0.3, -0.25) is 4.90 Å². The first-order valence-electron chi connectivity index (χ1n) is 8.16. The summed E-state index contributed by atoms with van der Waals surface area (Å²) in [6.07, 6.45) is 1.59. The highest BCUT2D eigenvalue weighted by Crippen LogP contribution is 2.27. The summed E-state index contributed by atoms with van der Waals surface area (Å²) in [5, 5.41) is 4.13. The average Bonchev–Trinajstić information content (AvgIpc) is 2.54. The van der Waals surface area contributed by atoms with Crippen LogP contribution in [-0.2, 0) is 9.47 Å². The Kier molecular flexibility index (Phi) is 7.81. The summed E-state index contributed by atoms with van der Waals surface area (Å²) in [5.74, 6) is 0. The molecule has 1 aromatic rings. The summed E-state index contributed by atoms with van der Waals surface area (Å²) in [4.78, 5) is 14.2. The van der Waals surface area contributed by atoms with E-state index in [1.165, 1.54) is 0 Å². The molecule has 0 saturated carbocycles. The van der Waals surface area contributed by atoms with Crippen LogP contribution in [0.3, 0.4) is 0 Å². The predicted molar refractivity (Wildman–Crippen MR) is 98.5 cm³/mol. The van der Waals surface area contributed by atoms with Crippen molar-refractivity contribution in [3.8, 4) is 0 Å². The highest BCUT2D eigenvalue weighted by atomic mass is 79.9. The summed E-state index contributed by atoms with van der Waals surface area (Å²) < 4.78 is 11.6. The van der Waals surface area contributed by atoms with Gasteiger partial charge in [-0.1, -0.05) is 40.9 Å². The lowest BCUT2D eigenvalue weighted by Crippen LogP contribution is -2.56. The Morgan fingerprint density at radius 3 is 2.92 bits per heavy atom. The number of carbonyl (C=O) groups is 1. The summed E-state index contributed by atoms with van der Waals surface area (Å²) in [6.45, 7) is 4.16. The van der Waals surface area contributed by atoms with Crippen molar-refractivity contribution in [2.75, 3.05) is 33.4 Å². The van der Waals surface area contributed by atoms with Crippen molar-refractivity contribution in [2.45, 2.75) is 31.8 Å². The van der Waals surface area contributed by atoms with Crippen LogP contribution < -0.4 is 5.32 Å². The van der Waals surface area contributed by atoms with Gasteiger partial charge in [-0.25, -0.2) is 4.79 Å². The van der Waals surface area contributed by atoms with Gasteiger partial charge < -0.3 is 14.8 Å². The van der Waals surface area contributed by atoms with Crippen molar-refractivity contribution in [3.05, 3.63) is 33.3 Å². The van der Waals surface area contributed by atoms with Crippen LogP contribution in [-0.4, -0.2) is 50.4 Å². The van der Waals surface area contributed by atoms with Gasteiger partial charge in [0.05, 0.1) is 25.3 Å². The topological polar surface area (TPSA) is 50.8 Å². The molecular weight excluding hydrogens is 396 g/mol. The SMILES string of the molecule is CCCCOC(=O)N1CC(c2cc(Cl)cc(Br)c2)NCC1COC. The zero-order valence-electron chi connectivity index (χ0n) is 14.1. The smallest absolute Gasteiger partial charge is 0.410 e. The van der Waals surface area contributed by atoms with E-state index in [2.05, 4.69) is 28.2 Å². The molecule has 1 aromatic carbocycles. The van der Waals surface area contributed by atoms with Gasteiger partial charge in [-0.2, -0.15) is 0 Å². The Balaban J connectivity index is 2.10. The van der Waals surface area contributed by atoms with Crippen LogP contribution in [0, 0.1) is 0 Å². The average molecular weight is 420 g/mol. The van der Waals surface area contributed by atoms with E-state index in [4.69, 9.17) is 21.1 Å². The van der Waals surface area contributed by atoms with E-state index in [0.717, 1.165) is 22.9 Å². The Hall–Kier alpha value is -0.820. The molecule has 0 aliphatic carbocycles. The molecular formula is C17H24BrClN2O3. The van der Waals surface area contributed by atoms with Crippen LogP contribution in [0.5, 0.6) is 0 Å². The summed E-state index contributed by atoms with van der Waals surface area (Å²) >= 11 is 9.61. The molecule has 0 radical (unpaired) electrons. The fourth-order valence-corrected chi connectivity index (χ4v) is 3.64. The minimum absolute atomic E-state index is 0.00633. The number of ether oxygens (including phenoxy) is 2. The molecule has 5 nitrogen and oxygen atoms in total. The molecule has 7 heteroatoms. The van der Waals surface area contributed by atoms with E-state index >= 15 is 0 Å². The van der Waals surface area contributed by atoms with Gasteiger partial charge in [0.15, 0.2) is 0 Å². The van der Waals surface area contributed by atoms with Crippen LogP contribution in [0.25, 0.3) is 0 Å². The predicted octanol–water partition coefficient (Wildman–Crippen LogP) is 4.00. The molecule has 1 fully saturated rings. The first kappa shape index (κ1) is 19.5. The second-order valence-electron chi connectivity index (χ2n) is 5.89. The molecule has 2 rings (SSSR count). The molecule has 0 aromatic heterocycles. The van der Waals surface area contributed by atoms with Gasteiger partial charge >= 0.3 is 6.09 Å². The van der Waals surface area contributed by atoms with Crippen molar-refractivity contribution in [1.82, 2.24) is 10.2 Å². The Morgan fingerprint density at radius 1 is 1.46 bits per heavy atom. The zero-order chi connectivity index (χ0) is 17.5. The van der Waals surface area contributed by atoms with Crippen LogP contribution in [0.2, 0.25) is 5.02 Å². The Bertz CT molecular complexity index is 538. The van der Waals surface area contributed by atoms with E-state index in [0.29, 0.717) is 31.3 Å². The second kappa shape index (κ2) is 9.61. The number of piperazine rings is 1. The number of hydrogen-bond donors (Lipinski definition) is 1. The molecule has 2 unspecified atom stereocenters. The Labute approximate surface area is 156 Å². The molecule has 134 valence electrons. The molecule has 1 aliphatic heterocycles. The van der Waals surface area contributed by atoms with Crippen LogP contribution in [0.4, 0.5) is 4.79 Å². The van der Waals surface area contributed by atoms with Crippen LogP contribution in [0.1, 0.15) is 31.4 Å². The number of unbranched alkanes of at least 4 members (excludes halogenated alkanes) is 1. The molecule has 0 bridgehead atoms. The fourth-order valence-electron chi connectivity index (χ4n) is 2.75. The van der Waals surface area contributed by atoms with Crippen molar-refractivity contribution in [1.29, 1.82) is 0 Å². The lowest BCUT2D eigenvalue weighted by molar-refractivity contribution is 0.0378. The van der Waals surface area contributed by atoms with Gasteiger partial charge in [-0.05, 0) is 30.2 Å². The van der Waals surface area contributed by atoms with Crippen LogP contribution >= 0.6 is 27.5 Å². The number of carbonyl (C=O) groups excluding carboxylic acids is 1. The van der Waals surface area contributed by atoms with Gasteiger partial charge in [0.1, 0.15) is 0 Å². The van der Waals surface area contributed by atoms with Crippen LogP contribution in [0.15, 0.2) is 22.7 Å². The normalized spacial score (nSPS) is 20.9. The maximum absolute atomic E-state index is 12.5. The third kappa shape index (κ3) is 5.34. The van der Waals surface area contributed by atoms with Gasteiger partial charge in [0.2, 0.25) is 0 Å². The van der Waals surface area contributed by atoms with Gasteiger partial charge in [-0.15, -0.1) is 0 Å². The second-order valence-corrected chi connectivity index (χ2v) is 7.25. The van der Waals surface area contributed by atoms with Gasteiger partial charge in [0, 0.05) is 29.7 Å². The number of hydrogen-bond acceptors (Lipinski definition) is 4. The minimum atomic E-state index is -0.280. The third-order valence-electron chi connectivity index (χ3n) is 4.02. The minimum Gasteiger partial charge on any atom is -0.449 e. The summed E-state index contributed by atoms with van der Waals surface area (Å²) in [6, 6.07) is 5.75. The fraction of sp³-hybridized carbons (Fsp3) is 0.588. The number of amides is 1. The van der Waals surface area contributed by atoms with E-state index < -0.39 is 0 Å². The molecule has 24 heavy (non-hydrogen) atoms.